The Morgan fingerprint density at radius 3 is 2.47 bits per heavy atom. The van der Waals surface area contributed by atoms with Crippen LogP contribution in [-0.2, 0) is 4.79 Å². The highest BCUT2D eigenvalue weighted by atomic mass is 79.9. The smallest absolute Gasteiger partial charge is 0.341 e. The van der Waals surface area contributed by atoms with Gasteiger partial charge >= 0.3 is 5.97 Å². The van der Waals surface area contributed by atoms with Crippen molar-refractivity contribution < 1.29 is 19.4 Å². The second-order valence-electron chi connectivity index (χ2n) is 6.27. The van der Waals surface area contributed by atoms with Crippen LogP contribution in [-0.4, -0.2) is 30.5 Å². The number of carbonyl (C=O) groups is 1. The van der Waals surface area contributed by atoms with E-state index in [0.717, 1.165) is 37.6 Å². The fraction of sp³-hybridized carbons (Fsp3) is 0.125. The minimum atomic E-state index is -1.00. The third kappa shape index (κ3) is 5.90. The first-order chi connectivity index (χ1) is 14.6. The topological polar surface area (TPSA) is 55.8 Å². The lowest BCUT2D eigenvalue weighted by Crippen LogP contribution is -2.09. The van der Waals surface area contributed by atoms with E-state index in [1.807, 2.05) is 48.5 Å². The van der Waals surface area contributed by atoms with Crippen LogP contribution in [0.3, 0.4) is 0 Å². The van der Waals surface area contributed by atoms with E-state index in [4.69, 9.17) is 14.6 Å². The number of halogens is 1. The average Bonchev–Trinajstić information content (AvgIpc) is 2.76. The predicted octanol–water partition coefficient (Wildman–Crippen LogP) is 6.15. The molecule has 0 radical (unpaired) electrons. The van der Waals surface area contributed by atoms with Crippen LogP contribution < -0.4 is 9.47 Å². The zero-order valence-corrected chi connectivity index (χ0v) is 18.8. The van der Waals surface area contributed by atoms with E-state index in [0.29, 0.717) is 5.75 Å². The lowest BCUT2D eigenvalue weighted by Gasteiger charge is -2.13. The molecule has 0 fully saturated rings. The van der Waals surface area contributed by atoms with Gasteiger partial charge in [0.25, 0.3) is 0 Å². The van der Waals surface area contributed by atoms with Gasteiger partial charge in [-0.15, -0.1) is 11.8 Å². The minimum Gasteiger partial charge on any atom is -0.496 e. The molecule has 0 saturated carbocycles. The Morgan fingerprint density at radius 1 is 1.03 bits per heavy atom. The molecule has 0 aromatic heterocycles. The van der Waals surface area contributed by atoms with Gasteiger partial charge in [-0.05, 0) is 51.3 Å². The van der Waals surface area contributed by atoms with E-state index in [2.05, 4.69) is 40.2 Å². The Labute approximate surface area is 188 Å². The number of hydrogen-bond donors (Lipinski definition) is 1. The van der Waals surface area contributed by atoms with Crippen LogP contribution in [0.25, 0.3) is 5.57 Å². The van der Waals surface area contributed by atoms with E-state index in [-0.39, 0.29) is 6.61 Å². The van der Waals surface area contributed by atoms with Gasteiger partial charge in [0.05, 0.1) is 11.6 Å². The maximum atomic E-state index is 10.7. The lowest BCUT2D eigenvalue weighted by molar-refractivity contribution is -0.139. The molecular formula is C24H21BrO4S. The van der Waals surface area contributed by atoms with Crippen molar-refractivity contribution in [3.8, 4) is 11.5 Å². The van der Waals surface area contributed by atoms with Gasteiger partial charge in [-0.2, -0.15) is 0 Å². The Hall–Kier alpha value is -2.70. The molecule has 0 aliphatic rings. The molecule has 3 aromatic carbocycles. The van der Waals surface area contributed by atoms with Crippen molar-refractivity contribution >= 4 is 39.2 Å². The van der Waals surface area contributed by atoms with Crippen LogP contribution >= 0.6 is 27.7 Å². The quantitative estimate of drug-likeness (QED) is 0.369. The summed E-state index contributed by atoms with van der Waals surface area (Å²) < 4.78 is 11.6. The van der Waals surface area contributed by atoms with E-state index < -0.39 is 5.97 Å². The van der Waals surface area contributed by atoms with Crippen LogP contribution in [0.1, 0.15) is 11.1 Å². The molecule has 30 heavy (non-hydrogen) atoms. The molecule has 3 rings (SSSR count). The SMILES string of the molecule is COc1ccccc1C(=CCSc1ccc(OCC(=O)O)c(Br)c1)c1ccccc1. The van der Waals surface area contributed by atoms with Crippen LogP contribution in [0, 0.1) is 0 Å². The van der Waals surface area contributed by atoms with Crippen molar-refractivity contribution in [3.63, 3.8) is 0 Å². The summed E-state index contributed by atoms with van der Waals surface area (Å²) in [6.45, 7) is -0.368. The molecule has 0 bridgehead atoms. The van der Waals surface area contributed by atoms with Crippen molar-refractivity contribution in [1.82, 2.24) is 0 Å². The number of benzene rings is 3. The van der Waals surface area contributed by atoms with Gasteiger partial charge in [0.2, 0.25) is 0 Å². The first-order valence-electron chi connectivity index (χ1n) is 9.24. The van der Waals surface area contributed by atoms with E-state index in [1.165, 1.54) is 0 Å². The predicted molar refractivity (Wildman–Crippen MR) is 125 cm³/mol. The highest BCUT2D eigenvalue weighted by molar-refractivity contribution is 9.10. The van der Waals surface area contributed by atoms with Crippen molar-refractivity contribution in [2.45, 2.75) is 4.90 Å². The normalized spacial score (nSPS) is 11.2. The molecule has 1 N–H and O–H groups in total. The third-order valence-corrected chi connectivity index (χ3v) is 5.81. The zero-order chi connectivity index (χ0) is 21.3. The van der Waals surface area contributed by atoms with E-state index >= 15 is 0 Å². The Kier molecular flexibility index (Phi) is 7.99. The van der Waals surface area contributed by atoms with Crippen molar-refractivity contribution in [2.24, 2.45) is 0 Å². The second kappa shape index (κ2) is 10.9. The molecule has 154 valence electrons. The molecule has 0 unspecified atom stereocenters. The number of methoxy groups -OCH3 is 1. The first-order valence-corrected chi connectivity index (χ1v) is 11.0. The van der Waals surface area contributed by atoms with Gasteiger partial charge in [0, 0.05) is 16.2 Å². The summed E-state index contributed by atoms with van der Waals surface area (Å²) in [6.07, 6.45) is 2.20. The largest absolute Gasteiger partial charge is 0.496 e. The maximum Gasteiger partial charge on any atom is 0.341 e. The monoisotopic (exact) mass is 484 g/mol. The number of carboxylic acids is 1. The van der Waals surface area contributed by atoms with Crippen LogP contribution in [0.4, 0.5) is 0 Å². The summed E-state index contributed by atoms with van der Waals surface area (Å²) in [5.74, 6) is 1.09. The number of ether oxygens (including phenoxy) is 2. The van der Waals surface area contributed by atoms with Gasteiger partial charge < -0.3 is 14.6 Å². The lowest BCUT2D eigenvalue weighted by atomic mass is 9.97. The summed E-state index contributed by atoms with van der Waals surface area (Å²) in [7, 11) is 1.68. The van der Waals surface area contributed by atoms with Crippen LogP contribution in [0.15, 0.2) is 88.2 Å². The van der Waals surface area contributed by atoms with Gasteiger partial charge in [-0.25, -0.2) is 4.79 Å². The summed E-state index contributed by atoms with van der Waals surface area (Å²) in [6, 6.07) is 23.9. The fourth-order valence-electron chi connectivity index (χ4n) is 2.92. The zero-order valence-electron chi connectivity index (χ0n) is 16.4. The number of carboxylic acid groups (broad SMARTS) is 1. The number of thioether (sulfide) groups is 1. The summed E-state index contributed by atoms with van der Waals surface area (Å²) in [4.78, 5) is 11.7. The molecule has 0 aliphatic carbocycles. The maximum absolute atomic E-state index is 10.7. The number of para-hydroxylation sites is 1. The Morgan fingerprint density at radius 2 is 1.77 bits per heavy atom. The molecule has 3 aromatic rings. The van der Waals surface area contributed by atoms with Crippen molar-refractivity contribution in [3.05, 3.63) is 94.5 Å². The van der Waals surface area contributed by atoms with Crippen molar-refractivity contribution in [2.75, 3.05) is 19.5 Å². The number of rotatable bonds is 9. The molecule has 0 amide bonds. The Balaban J connectivity index is 1.80. The molecule has 0 heterocycles. The fourth-order valence-corrected chi connectivity index (χ4v) is 4.37. The Bertz CT molecular complexity index is 1030. The highest BCUT2D eigenvalue weighted by Gasteiger charge is 2.10. The standard InChI is InChI=1S/C24H21BrO4S/c1-28-22-10-6-5-9-20(22)19(17-7-3-2-4-8-17)13-14-30-18-11-12-23(21(25)15-18)29-16-24(26)27/h2-13,15H,14,16H2,1H3,(H,26,27). The summed E-state index contributed by atoms with van der Waals surface area (Å²) in [5.41, 5.74) is 3.28. The first kappa shape index (κ1) is 22.0. The van der Waals surface area contributed by atoms with Crippen molar-refractivity contribution in [1.29, 1.82) is 0 Å². The van der Waals surface area contributed by atoms with Crippen LogP contribution in [0.5, 0.6) is 11.5 Å². The van der Waals surface area contributed by atoms with E-state index in [9.17, 15) is 4.79 Å². The summed E-state index contributed by atoms with van der Waals surface area (Å²) in [5, 5.41) is 8.75. The second-order valence-corrected chi connectivity index (χ2v) is 8.22. The van der Waals surface area contributed by atoms with Gasteiger partial charge in [-0.3, -0.25) is 0 Å². The van der Waals surface area contributed by atoms with Gasteiger partial charge in [0.15, 0.2) is 6.61 Å². The van der Waals surface area contributed by atoms with Crippen LogP contribution in [0.2, 0.25) is 0 Å². The number of aliphatic carboxylic acids is 1. The third-order valence-electron chi connectivity index (χ3n) is 4.27. The summed E-state index contributed by atoms with van der Waals surface area (Å²) >= 11 is 5.13. The highest BCUT2D eigenvalue weighted by Crippen LogP contribution is 2.33. The molecule has 0 spiro atoms. The molecule has 6 heteroatoms. The molecular weight excluding hydrogens is 464 g/mol. The van der Waals surface area contributed by atoms with Gasteiger partial charge in [0.1, 0.15) is 11.5 Å². The molecule has 0 aliphatic heterocycles. The van der Waals surface area contributed by atoms with E-state index in [1.54, 1.807) is 24.9 Å². The molecule has 4 nitrogen and oxygen atoms in total. The number of hydrogen-bond acceptors (Lipinski definition) is 4. The van der Waals surface area contributed by atoms with Gasteiger partial charge in [-0.1, -0.05) is 54.6 Å². The average molecular weight is 485 g/mol. The molecule has 0 atom stereocenters. The minimum absolute atomic E-state index is 0.368. The molecule has 0 saturated heterocycles.